The van der Waals surface area contributed by atoms with E-state index in [1.54, 1.807) is 13.0 Å². The van der Waals surface area contributed by atoms with Crippen LogP contribution in [0.5, 0.6) is 0 Å². The molecule has 4 atom stereocenters. The second-order valence-electron chi connectivity index (χ2n) is 7.48. The third kappa shape index (κ3) is 4.64. The summed E-state index contributed by atoms with van der Waals surface area (Å²) in [5, 5.41) is 4.71. The van der Waals surface area contributed by atoms with Crippen molar-refractivity contribution in [2.75, 3.05) is 26.2 Å². The number of thiophene rings is 1. The molecule has 7 heteroatoms. The first-order valence-electron chi connectivity index (χ1n) is 9.46. The van der Waals surface area contributed by atoms with Crippen molar-refractivity contribution in [1.82, 2.24) is 15.1 Å². The number of morpholine rings is 1. The van der Waals surface area contributed by atoms with E-state index in [0.717, 1.165) is 39.0 Å². The minimum Gasteiger partial charge on any atom is -0.373 e. The molecule has 0 spiro atoms. The van der Waals surface area contributed by atoms with Crippen LogP contribution in [0.1, 0.15) is 43.3 Å². The first-order chi connectivity index (χ1) is 12.4. The average molecular weight is 380 g/mol. The number of ether oxygens (including phenoxy) is 1. The molecule has 0 aliphatic carbocycles. The number of rotatable bonds is 5. The van der Waals surface area contributed by atoms with Crippen molar-refractivity contribution in [3.63, 3.8) is 0 Å². The van der Waals surface area contributed by atoms with Crippen LogP contribution in [0.4, 0.5) is 0 Å². The normalized spacial score (nSPS) is 28.1. The fourth-order valence-corrected chi connectivity index (χ4v) is 4.66. The highest BCUT2D eigenvalue weighted by molar-refractivity contribution is 7.12. The highest BCUT2D eigenvalue weighted by atomic mass is 32.1. The monoisotopic (exact) mass is 379 g/mol. The number of nitrogens with zero attached hydrogens (tertiary/aromatic N) is 2. The maximum atomic E-state index is 12.9. The molecule has 2 amide bonds. The Hall–Kier alpha value is -1.44. The van der Waals surface area contributed by atoms with Gasteiger partial charge in [-0.25, -0.2) is 0 Å². The summed E-state index contributed by atoms with van der Waals surface area (Å²) < 4.78 is 5.80. The SMILES string of the molecule is C[C@@H]1CN(C[C@@H]2CCCN2C(=O)[C@@H](C)NC(=O)c2cccs2)C[C@@H](C)O1. The first kappa shape index (κ1) is 19.3. The third-order valence-corrected chi connectivity index (χ3v) is 5.96. The van der Waals surface area contributed by atoms with Crippen molar-refractivity contribution in [3.05, 3.63) is 22.4 Å². The fraction of sp³-hybridized carbons (Fsp3) is 0.684. The highest BCUT2D eigenvalue weighted by Gasteiger charge is 2.34. The topological polar surface area (TPSA) is 61.9 Å². The Morgan fingerprint density at radius 1 is 1.35 bits per heavy atom. The lowest BCUT2D eigenvalue weighted by Crippen LogP contribution is -2.53. The van der Waals surface area contributed by atoms with E-state index in [4.69, 9.17) is 4.74 Å². The molecule has 26 heavy (non-hydrogen) atoms. The molecule has 0 aromatic carbocycles. The number of hydrogen-bond acceptors (Lipinski definition) is 5. The zero-order chi connectivity index (χ0) is 18.7. The summed E-state index contributed by atoms with van der Waals surface area (Å²) in [5.74, 6) is -0.154. The molecule has 144 valence electrons. The molecular formula is C19H29N3O3S. The molecule has 0 bridgehead atoms. The van der Waals surface area contributed by atoms with Crippen LogP contribution in [0, 0.1) is 0 Å². The molecule has 0 saturated carbocycles. The van der Waals surface area contributed by atoms with E-state index in [1.165, 1.54) is 11.3 Å². The standard InChI is InChI=1S/C19H29N3O3S/c1-13-10-21(11-14(2)25-13)12-16-6-4-8-22(16)19(24)15(3)20-18(23)17-7-5-9-26-17/h5,7,9,13-16H,4,6,8,10-12H2,1-3H3,(H,20,23)/t13-,14-,15-,16+/m1/s1. The van der Waals surface area contributed by atoms with E-state index in [2.05, 4.69) is 24.1 Å². The molecule has 2 saturated heterocycles. The van der Waals surface area contributed by atoms with Crippen LogP contribution in [0.2, 0.25) is 0 Å². The Kier molecular flexibility index (Phi) is 6.32. The van der Waals surface area contributed by atoms with Crippen LogP contribution in [0.3, 0.4) is 0 Å². The highest BCUT2D eigenvalue weighted by Crippen LogP contribution is 2.21. The van der Waals surface area contributed by atoms with Gasteiger partial charge in [-0.3, -0.25) is 14.5 Å². The maximum Gasteiger partial charge on any atom is 0.261 e. The van der Waals surface area contributed by atoms with Crippen LogP contribution >= 0.6 is 11.3 Å². The zero-order valence-corrected chi connectivity index (χ0v) is 16.6. The molecule has 0 unspecified atom stereocenters. The maximum absolute atomic E-state index is 12.9. The molecule has 0 radical (unpaired) electrons. The zero-order valence-electron chi connectivity index (χ0n) is 15.8. The lowest BCUT2D eigenvalue weighted by molar-refractivity contribution is -0.134. The molecule has 1 aromatic heterocycles. The van der Waals surface area contributed by atoms with Gasteiger partial charge in [0.05, 0.1) is 17.1 Å². The Labute approximate surface area is 159 Å². The van der Waals surface area contributed by atoms with Crippen LogP contribution < -0.4 is 5.32 Å². The van der Waals surface area contributed by atoms with E-state index >= 15 is 0 Å². The minimum atomic E-state index is -0.507. The van der Waals surface area contributed by atoms with E-state index < -0.39 is 6.04 Å². The number of carbonyl (C=O) groups excluding carboxylic acids is 2. The van der Waals surface area contributed by atoms with E-state index in [-0.39, 0.29) is 30.1 Å². The van der Waals surface area contributed by atoms with Crippen LogP contribution in [-0.2, 0) is 9.53 Å². The van der Waals surface area contributed by atoms with Gasteiger partial charge >= 0.3 is 0 Å². The lowest BCUT2D eigenvalue weighted by Gasteiger charge is -2.38. The predicted molar refractivity (Wildman–Crippen MR) is 102 cm³/mol. The van der Waals surface area contributed by atoms with E-state index in [9.17, 15) is 9.59 Å². The van der Waals surface area contributed by atoms with Gasteiger partial charge in [0.25, 0.3) is 5.91 Å². The Balaban J connectivity index is 1.56. The van der Waals surface area contributed by atoms with Crippen molar-refractivity contribution in [3.8, 4) is 0 Å². The van der Waals surface area contributed by atoms with Crippen molar-refractivity contribution in [2.24, 2.45) is 0 Å². The molecule has 2 aliphatic rings. The Bertz CT molecular complexity index is 612. The fourth-order valence-electron chi connectivity index (χ4n) is 4.03. The number of likely N-dealkylation sites (tertiary alicyclic amines) is 1. The number of hydrogen-bond donors (Lipinski definition) is 1. The number of amides is 2. The number of carbonyl (C=O) groups is 2. The van der Waals surface area contributed by atoms with Crippen molar-refractivity contribution in [1.29, 1.82) is 0 Å². The van der Waals surface area contributed by atoms with Gasteiger partial charge in [0, 0.05) is 32.2 Å². The first-order valence-corrected chi connectivity index (χ1v) is 10.3. The summed E-state index contributed by atoms with van der Waals surface area (Å²) in [4.78, 5) is 30.1. The predicted octanol–water partition coefficient (Wildman–Crippen LogP) is 1.97. The van der Waals surface area contributed by atoms with E-state index in [0.29, 0.717) is 4.88 Å². The summed E-state index contributed by atoms with van der Waals surface area (Å²) >= 11 is 1.39. The Morgan fingerprint density at radius 2 is 2.08 bits per heavy atom. The van der Waals surface area contributed by atoms with Gasteiger partial charge < -0.3 is 15.0 Å². The second-order valence-corrected chi connectivity index (χ2v) is 8.42. The minimum absolute atomic E-state index is 0.0202. The van der Waals surface area contributed by atoms with Gasteiger partial charge in [-0.1, -0.05) is 6.07 Å². The summed E-state index contributed by atoms with van der Waals surface area (Å²) in [5.41, 5.74) is 0. The van der Waals surface area contributed by atoms with Crippen LogP contribution in [0.15, 0.2) is 17.5 Å². The molecule has 3 rings (SSSR count). The molecule has 1 aromatic rings. The van der Waals surface area contributed by atoms with Gasteiger partial charge in [-0.15, -0.1) is 11.3 Å². The van der Waals surface area contributed by atoms with Crippen molar-refractivity contribution in [2.45, 2.75) is 57.9 Å². The molecule has 3 heterocycles. The molecular weight excluding hydrogens is 350 g/mol. The van der Waals surface area contributed by atoms with E-state index in [1.807, 2.05) is 16.3 Å². The smallest absolute Gasteiger partial charge is 0.261 e. The molecule has 2 aliphatic heterocycles. The second kappa shape index (κ2) is 8.50. The van der Waals surface area contributed by atoms with Crippen LogP contribution in [-0.4, -0.2) is 72.1 Å². The Morgan fingerprint density at radius 3 is 2.73 bits per heavy atom. The van der Waals surface area contributed by atoms with Gasteiger partial charge in [0.15, 0.2) is 0 Å². The van der Waals surface area contributed by atoms with Crippen molar-refractivity contribution >= 4 is 23.2 Å². The molecule has 1 N–H and O–H groups in total. The molecule has 2 fully saturated rings. The van der Waals surface area contributed by atoms with Crippen LogP contribution in [0.25, 0.3) is 0 Å². The lowest BCUT2D eigenvalue weighted by atomic mass is 10.1. The summed E-state index contributed by atoms with van der Waals surface area (Å²) in [6, 6.07) is 3.33. The molecule has 6 nitrogen and oxygen atoms in total. The largest absolute Gasteiger partial charge is 0.373 e. The summed E-state index contributed by atoms with van der Waals surface area (Å²) in [6.07, 6.45) is 2.51. The third-order valence-electron chi connectivity index (χ3n) is 5.09. The van der Waals surface area contributed by atoms with Crippen molar-refractivity contribution < 1.29 is 14.3 Å². The summed E-state index contributed by atoms with van der Waals surface area (Å²) in [6.45, 7) is 9.46. The van der Waals surface area contributed by atoms with Gasteiger partial charge in [0.2, 0.25) is 5.91 Å². The van der Waals surface area contributed by atoms with Gasteiger partial charge in [0.1, 0.15) is 6.04 Å². The quantitative estimate of drug-likeness (QED) is 0.850. The number of nitrogens with one attached hydrogen (secondary N) is 1. The summed E-state index contributed by atoms with van der Waals surface area (Å²) in [7, 11) is 0. The average Bonchev–Trinajstić information content (AvgIpc) is 3.24. The van der Waals surface area contributed by atoms with Gasteiger partial charge in [-0.2, -0.15) is 0 Å². The van der Waals surface area contributed by atoms with Gasteiger partial charge in [-0.05, 0) is 45.1 Å².